The topological polar surface area (TPSA) is 9.90 Å². The van der Waals surface area contributed by atoms with Crippen molar-refractivity contribution < 1.29 is 26.9 Å². The summed E-state index contributed by atoms with van der Waals surface area (Å²) < 4.78 is 49.1. The number of hydrogen-bond donors (Lipinski definition) is 0. The van der Waals surface area contributed by atoms with Crippen LogP contribution in [0, 0.1) is 41.5 Å². The van der Waals surface area contributed by atoms with Crippen LogP contribution < -0.4 is 4.57 Å². The minimum absolute atomic E-state index is 0.0140. The number of benzene rings is 2. The lowest BCUT2D eigenvalue weighted by Crippen LogP contribution is -2.62. The quantitative estimate of drug-likeness (QED) is 0.342. The maximum absolute atomic E-state index is 14.2. The molecule has 0 atom stereocenters. The Morgan fingerprint density at radius 1 is 0.595 bits per heavy atom. The Hall–Kier alpha value is -3.28. The van der Waals surface area contributed by atoms with Crippen molar-refractivity contribution in [2.24, 2.45) is 0 Å². The molecule has 2 aromatic carbocycles. The maximum atomic E-state index is 14.2. The van der Waals surface area contributed by atoms with Gasteiger partial charge in [-0.2, -0.15) is 26.9 Å². The van der Waals surface area contributed by atoms with Crippen LogP contribution in [-0.4, -0.2) is 33.7 Å². The number of pyridine rings is 1. The van der Waals surface area contributed by atoms with Gasteiger partial charge in [-0.05, 0) is 65.8 Å². The van der Waals surface area contributed by atoms with Gasteiger partial charge in [-0.3, -0.25) is 0 Å². The van der Waals surface area contributed by atoms with E-state index in [0.29, 0.717) is 24.5 Å². The first-order valence-electron chi connectivity index (χ1n) is 12.8. The fourth-order valence-electron chi connectivity index (χ4n) is 6.63. The van der Waals surface area contributed by atoms with Gasteiger partial charge in [0.05, 0.1) is 5.56 Å². The zero-order chi connectivity index (χ0) is 27.0. The highest BCUT2D eigenvalue weighted by Gasteiger charge is 2.51. The van der Waals surface area contributed by atoms with Crippen LogP contribution in [0.5, 0.6) is 0 Å². The SMILES string of the molecule is CC1=[N+](c2c(C)cc(C)cc2C)CC2C[N+](c3c(C)cc(C)cc3C)=C(C)c3cc(C(F)(F)F)cc1[n+]32. The summed E-state index contributed by atoms with van der Waals surface area (Å²) in [5.41, 5.74) is 11.5. The summed E-state index contributed by atoms with van der Waals surface area (Å²) in [4.78, 5) is 0. The largest absolute Gasteiger partial charge is 0.416 e. The molecule has 0 N–H and O–H groups in total. The molecule has 0 unspecified atom stereocenters. The molecule has 0 saturated carbocycles. The summed E-state index contributed by atoms with van der Waals surface area (Å²) in [6.07, 6.45) is -4.43. The minimum Gasteiger partial charge on any atom is -0.183 e. The summed E-state index contributed by atoms with van der Waals surface area (Å²) in [6, 6.07) is 11.3. The normalized spacial score (nSPS) is 16.0. The van der Waals surface area contributed by atoms with Crippen LogP contribution in [-0.2, 0) is 6.18 Å². The van der Waals surface area contributed by atoms with Crippen LogP contribution in [0.3, 0.4) is 0 Å². The highest BCUT2D eigenvalue weighted by Crippen LogP contribution is 2.35. The Balaban J connectivity index is 1.81. The molecule has 0 fully saturated rings. The molecule has 5 rings (SSSR count). The van der Waals surface area contributed by atoms with Crippen molar-refractivity contribution in [2.45, 2.75) is 67.6 Å². The Kier molecular flexibility index (Phi) is 5.93. The van der Waals surface area contributed by atoms with Crippen molar-refractivity contribution in [1.29, 1.82) is 0 Å². The monoisotopic (exact) mass is 506 g/mol. The van der Waals surface area contributed by atoms with E-state index in [-0.39, 0.29) is 6.04 Å². The fraction of sp³-hybridized carbons (Fsp3) is 0.387. The third-order valence-corrected chi connectivity index (χ3v) is 7.94. The molecule has 0 amide bonds. The molecule has 0 spiro atoms. The molecule has 1 aromatic heterocycles. The summed E-state index contributed by atoms with van der Waals surface area (Å²) in [5, 5.41) is 0. The Morgan fingerprint density at radius 3 is 1.27 bits per heavy atom. The van der Waals surface area contributed by atoms with Gasteiger partial charge < -0.3 is 0 Å². The van der Waals surface area contributed by atoms with Crippen molar-refractivity contribution in [2.75, 3.05) is 13.1 Å². The molecule has 0 aliphatic carbocycles. The molecule has 2 aliphatic rings. The van der Waals surface area contributed by atoms with E-state index in [1.807, 2.05) is 13.8 Å². The molecule has 3 nitrogen and oxygen atoms in total. The second kappa shape index (κ2) is 8.64. The summed E-state index contributed by atoms with van der Waals surface area (Å²) in [6.45, 7) is 17.8. The molecule has 0 saturated heterocycles. The van der Waals surface area contributed by atoms with Crippen LogP contribution in [0.15, 0.2) is 36.4 Å². The van der Waals surface area contributed by atoms with Crippen molar-refractivity contribution in [3.63, 3.8) is 0 Å². The molecule has 37 heavy (non-hydrogen) atoms. The van der Waals surface area contributed by atoms with Crippen molar-refractivity contribution >= 4 is 22.8 Å². The van der Waals surface area contributed by atoms with E-state index in [1.165, 1.54) is 23.3 Å². The lowest BCUT2D eigenvalue weighted by atomic mass is 9.97. The molecular formula is C31H35F3N3+3. The summed E-state index contributed by atoms with van der Waals surface area (Å²) in [5.74, 6) is 0. The number of alkyl halides is 3. The standard InChI is InChI=1S/C31H35F3N3/c1-17-9-19(3)29(20(4)10-17)35-15-26-16-36(30-21(5)11-18(2)12-22(30)6)24(8)28-14-25(31(32,33)34)13-27(23(35)7)37(26)28/h9-14,26H,15-16H2,1-8H3/q+3. The van der Waals surface area contributed by atoms with Crippen LogP contribution in [0.25, 0.3) is 0 Å². The van der Waals surface area contributed by atoms with E-state index in [2.05, 4.69) is 79.5 Å². The third kappa shape index (κ3) is 4.11. The molecule has 6 heteroatoms. The van der Waals surface area contributed by atoms with Gasteiger partial charge in [-0.15, -0.1) is 0 Å². The van der Waals surface area contributed by atoms with E-state index < -0.39 is 11.7 Å². The number of aryl methyl sites for hydroxylation is 6. The molecule has 3 heterocycles. The predicted octanol–water partition coefficient (Wildman–Crippen LogP) is 6.72. The summed E-state index contributed by atoms with van der Waals surface area (Å²) in [7, 11) is 0. The van der Waals surface area contributed by atoms with Crippen LogP contribution in [0.2, 0.25) is 0 Å². The molecular weight excluding hydrogens is 471 g/mol. The van der Waals surface area contributed by atoms with Gasteiger partial charge in [0.15, 0.2) is 0 Å². The van der Waals surface area contributed by atoms with E-state index in [4.69, 9.17) is 0 Å². The first-order valence-corrected chi connectivity index (χ1v) is 12.8. The molecule has 0 bridgehead atoms. The van der Waals surface area contributed by atoms with Gasteiger partial charge in [0.1, 0.15) is 0 Å². The molecule has 0 radical (unpaired) electrons. The van der Waals surface area contributed by atoms with Gasteiger partial charge >= 0.3 is 6.18 Å². The van der Waals surface area contributed by atoms with E-state index in [1.54, 1.807) is 0 Å². The average Bonchev–Trinajstić information content (AvgIpc) is 2.77. The Bertz CT molecular complexity index is 1390. The zero-order valence-corrected chi connectivity index (χ0v) is 22.9. The van der Waals surface area contributed by atoms with Gasteiger partial charge in [0.25, 0.3) is 28.9 Å². The van der Waals surface area contributed by atoms with E-state index in [9.17, 15) is 13.2 Å². The molecule has 3 aromatic rings. The van der Waals surface area contributed by atoms with Crippen molar-refractivity contribution in [1.82, 2.24) is 0 Å². The summed E-state index contributed by atoms with van der Waals surface area (Å²) >= 11 is 0. The second-order valence-electron chi connectivity index (χ2n) is 10.9. The highest BCUT2D eigenvalue weighted by molar-refractivity contribution is 5.96. The number of halogens is 3. The van der Waals surface area contributed by atoms with Crippen LogP contribution in [0.4, 0.5) is 24.5 Å². The smallest absolute Gasteiger partial charge is 0.183 e. The van der Waals surface area contributed by atoms with E-state index in [0.717, 1.165) is 45.1 Å². The maximum Gasteiger partial charge on any atom is 0.416 e. The van der Waals surface area contributed by atoms with Crippen LogP contribution in [0.1, 0.15) is 70.2 Å². The molecule has 2 aliphatic heterocycles. The minimum atomic E-state index is -4.43. The van der Waals surface area contributed by atoms with Crippen molar-refractivity contribution in [3.8, 4) is 0 Å². The lowest BCUT2D eigenvalue weighted by molar-refractivity contribution is -0.781. The molecule has 192 valence electrons. The Morgan fingerprint density at radius 2 is 0.946 bits per heavy atom. The highest BCUT2D eigenvalue weighted by atomic mass is 19.4. The number of nitrogens with zero attached hydrogens (tertiary/aromatic N) is 3. The Labute approximate surface area is 217 Å². The lowest BCUT2D eigenvalue weighted by Gasteiger charge is -2.26. The fourth-order valence-corrected chi connectivity index (χ4v) is 6.63. The van der Waals surface area contributed by atoms with Crippen LogP contribution >= 0.6 is 0 Å². The van der Waals surface area contributed by atoms with Gasteiger partial charge in [0.2, 0.25) is 24.5 Å². The van der Waals surface area contributed by atoms with E-state index >= 15 is 0 Å². The predicted molar refractivity (Wildman–Crippen MR) is 141 cm³/mol. The van der Waals surface area contributed by atoms with Gasteiger partial charge in [0, 0.05) is 48.2 Å². The first kappa shape index (κ1) is 25.4. The van der Waals surface area contributed by atoms with Gasteiger partial charge in [-0.25, -0.2) is 0 Å². The van der Waals surface area contributed by atoms with Crippen molar-refractivity contribution in [3.05, 3.63) is 86.7 Å². The van der Waals surface area contributed by atoms with Gasteiger partial charge in [-0.1, -0.05) is 11.1 Å². The number of aromatic nitrogens is 1. The first-order chi connectivity index (χ1) is 17.3. The zero-order valence-electron chi connectivity index (χ0n) is 22.9. The second-order valence-corrected chi connectivity index (χ2v) is 10.9. The average molecular weight is 507 g/mol. The number of hydrogen-bond acceptors (Lipinski definition) is 0. The number of rotatable bonds is 2. The third-order valence-electron chi connectivity index (χ3n) is 7.94.